The van der Waals surface area contributed by atoms with Crippen molar-refractivity contribution in [2.45, 2.75) is 30.2 Å². The van der Waals surface area contributed by atoms with Crippen LogP contribution in [0.25, 0.3) is 11.1 Å². The Morgan fingerprint density at radius 1 is 1.03 bits per heavy atom. The molecular formula is C21H15F6N3O3. The summed E-state index contributed by atoms with van der Waals surface area (Å²) in [6, 6.07) is 3.66. The number of hydrogen-bond acceptors (Lipinski definition) is 3. The van der Waals surface area contributed by atoms with Crippen molar-refractivity contribution in [3.8, 4) is 11.1 Å². The minimum atomic E-state index is -4.66. The first-order chi connectivity index (χ1) is 15.4. The topological polar surface area (TPSA) is 87.3 Å². The Morgan fingerprint density at radius 3 is 2.18 bits per heavy atom. The molecule has 1 unspecified atom stereocenters. The molecule has 0 bridgehead atoms. The van der Waals surface area contributed by atoms with Crippen molar-refractivity contribution in [1.29, 1.82) is 0 Å². The number of nitrogens with one attached hydrogen (secondary N) is 3. The van der Waals surface area contributed by atoms with E-state index in [1.54, 1.807) is 0 Å². The summed E-state index contributed by atoms with van der Waals surface area (Å²) in [5.74, 6) is -4.86. The number of urea groups is 1. The van der Waals surface area contributed by atoms with Gasteiger partial charge >= 0.3 is 12.2 Å². The molecule has 2 aromatic rings. The number of carbonyl (C=O) groups is 3. The van der Waals surface area contributed by atoms with Crippen LogP contribution < -0.4 is 16.0 Å². The highest BCUT2D eigenvalue weighted by Gasteiger charge is 2.68. The van der Waals surface area contributed by atoms with E-state index in [1.165, 1.54) is 0 Å². The molecule has 174 valence electrons. The van der Waals surface area contributed by atoms with Gasteiger partial charge in [0.25, 0.3) is 11.8 Å². The summed E-state index contributed by atoms with van der Waals surface area (Å²) in [5, 5.41) is 6.34. The second-order valence-electron chi connectivity index (χ2n) is 7.82. The number of hydrogen-bond donors (Lipinski definition) is 3. The Bertz CT molecular complexity index is 1160. The molecule has 6 nitrogen and oxygen atoms in total. The second kappa shape index (κ2) is 7.49. The third-order valence-corrected chi connectivity index (χ3v) is 5.75. The van der Waals surface area contributed by atoms with Crippen LogP contribution in [0.2, 0.25) is 0 Å². The SMILES string of the molecule is O=C1NC(=O)C(CNC(=O)c2ccc(F)c(F)c2-c2ccc(C(F)(F)F)cc2)(C2(F)CC2)N1. The third kappa shape index (κ3) is 3.79. The lowest BCUT2D eigenvalue weighted by molar-refractivity contribution is -0.137. The molecule has 12 heteroatoms. The van der Waals surface area contributed by atoms with Gasteiger partial charge in [0.05, 0.1) is 17.7 Å². The predicted molar refractivity (Wildman–Crippen MR) is 102 cm³/mol. The van der Waals surface area contributed by atoms with Crippen LogP contribution in [0, 0.1) is 11.6 Å². The van der Waals surface area contributed by atoms with Gasteiger partial charge in [-0.3, -0.25) is 14.9 Å². The molecule has 2 aliphatic rings. The van der Waals surface area contributed by atoms with E-state index in [0.717, 1.165) is 18.2 Å². The van der Waals surface area contributed by atoms with Crippen LogP contribution in [-0.2, 0) is 11.0 Å². The number of imide groups is 1. The largest absolute Gasteiger partial charge is 0.416 e. The molecule has 3 N–H and O–H groups in total. The van der Waals surface area contributed by atoms with Gasteiger partial charge in [-0.2, -0.15) is 13.2 Å². The maximum Gasteiger partial charge on any atom is 0.416 e. The molecule has 1 atom stereocenters. The van der Waals surface area contributed by atoms with Gasteiger partial charge in [-0.1, -0.05) is 12.1 Å². The van der Waals surface area contributed by atoms with Gasteiger partial charge in [0.15, 0.2) is 17.2 Å². The fourth-order valence-corrected chi connectivity index (χ4v) is 3.78. The fraction of sp³-hybridized carbons (Fsp3) is 0.286. The molecule has 4 rings (SSSR count). The normalized spacial score (nSPS) is 21.4. The Morgan fingerprint density at radius 2 is 1.67 bits per heavy atom. The maximum atomic E-state index is 14.9. The van der Waals surface area contributed by atoms with Gasteiger partial charge in [0.1, 0.15) is 5.67 Å². The molecule has 4 amide bonds. The average molecular weight is 471 g/mol. The average Bonchev–Trinajstić information content (AvgIpc) is 3.43. The lowest BCUT2D eigenvalue weighted by Gasteiger charge is -2.30. The lowest BCUT2D eigenvalue weighted by Crippen LogP contribution is -2.62. The van der Waals surface area contributed by atoms with E-state index in [1.807, 2.05) is 5.32 Å². The summed E-state index contributed by atoms with van der Waals surface area (Å²) in [4.78, 5) is 36.7. The summed E-state index contributed by atoms with van der Waals surface area (Å²) in [7, 11) is 0. The Balaban J connectivity index is 1.66. The highest BCUT2D eigenvalue weighted by Crippen LogP contribution is 2.49. The first-order valence-electron chi connectivity index (χ1n) is 9.64. The molecule has 0 spiro atoms. The molecular weight excluding hydrogens is 456 g/mol. The number of halogens is 6. The molecule has 1 aliphatic carbocycles. The molecule has 1 saturated heterocycles. The number of rotatable bonds is 5. The second-order valence-corrected chi connectivity index (χ2v) is 7.82. The quantitative estimate of drug-likeness (QED) is 0.461. The smallest absolute Gasteiger partial charge is 0.349 e. The highest BCUT2D eigenvalue weighted by atomic mass is 19.4. The monoisotopic (exact) mass is 471 g/mol. The van der Waals surface area contributed by atoms with Gasteiger partial charge in [-0.25, -0.2) is 18.0 Å². The molecule has 1 heterocycles. The van der Waals surface area contributed by atoms with Crippen molar-refractivity contribution in [3.63, 3.8) is 0 Å². The Labute approximate surface area is 182 Å². The zero-order chi connectivity index (χ0) is 24.2. The molecule has 1 saturated carbocycles. The predicted octanol–water partition coefficient (Wildman–Crippen LogP) is 3.46. The van der Waals surface area contributed by atoms with Crippen LogP contribution in [0.15, 0.2) is 36.4 Å². The molecule has 1 aliphatic heterocycles. The summed E-state index contributed by atoms with van der Waals surface area (Å²) in [6.07, 6.45) is -4.75. The highest BCUT2D eigenvalue weighted by molar-refractivity contribution is 6.09. The summed E-state index contributed by atoms with van der Waals surface area (Å²) >= 11 is 0. The van der Waals surface area contributed by atoms with Crippen molar-refractivity contribution in [1.82, 2.24) is 16.0 Å². The van der Waals surface area contributed by atoms with Gasteiger partial charge < -0.3 is 10.6 Å². The number of amides is 4. The van der Waals surface area contributed by atoms with Crippen molar-refractivity contribution in [3.05, 3.63) is 59.2 Å². The molecule has 33 heavy (non-hydrogen) atoms. The van der Waals surface area contributed by atoms with E-state index < -0.39 is 70.1 Å². The number of alkyl halides is 4. The van der Waals surface area contributed by atoms with Gasteiger partial charge in [0, 0.05) is 5.56 Å². The van der Waals surface area contributed by atoms with Crippen LogP contribution in [-0.4, -0.2) is 35.6 Å². The minimum Gasteiger partial charge on any atom is -0.349 e. The van der Waals surface area contributed by atoms with Crippen LogP contribution in [0.3, 0.4) is 0 Å². The summed E-state index contributed by atoms with van der Waals surface area (Å²) < 4.78 is 81.9. The molecule has 0 radical (unpaired) electrons. The number of carbonyl (C=O) groups excluding carboxylic acids is 3. The van der Waals surface area contributed by atoms with Gasteiger partial charge in [0.2, 0.25) is 0 Å². The van der Waals surface area contributed by atoms with Crippen LogP contribution >= 0.6 is 0 Å². The number of benzene rings is 2. The minimum absolute atomic E-state index is 0.0431. The van der Waals surface area contributed by atoms with E-state index in [2.05, 4.69) is 10.6 Å². The van der Waals surface area contributed by atoms with Gasteiger partial charge in [-0.15, -0.1) is 0 Å². The van der Waals surface area contributed by atoms with Crippen LogP contribution in [0.1, 0.15) is 28.8 Å². The lowest BCUT2D eigenvalue weighted by atomic mass is 9.90. The van der Waals surface area contributed by atoms with E-state index in [0.29, 0.717) is 18.2 Å². The Kier molecular flexibility index (Phi) is 5.14. The molecule has 0 aromatic heterocycles. The van der Waals surface area contributed by atoms with Crippen molar-refractivity contribution in [2.75, 3.05) is 6.54 Å². The van der Waals surface area contributed by atoms with Crippen LogP contribution in [0.5, 0.6) is 0 Å². The first kappa shape index (κ1) is 22.6. The first-order valence-corrected chi connectivity index (χ1v) is 9.64. The standard InChI is InChI=1S/C21H15F6N3O3/c22-13-6-5-12(14(15(13)23)10-1-3-11(4-2-10)21(25,26)27)16(31)28-9-20(19(24)7-8-19)17(32)29-18(33)30-20/h1-6H,7-9H2,(H,28,31)(H2,29,30,32,33). The van der Waals surface area contributed by atoms with Crippen molar-refractivity contribution in [2.24, 2.45) is 0 Å². The fourth-order valence-electron chi connectivity index (χ4n) is 3.78. The third-order valence-electron chi connectivity index (χ3n) is 5.75. The van der Waals surface area contributed by atoms with Crippen LogP contribution in [0.4, 0.5) is 31.1 Å². The summed E-state index contributed by atoms with van der Waals surface area (Å²) in [6.45, 7) is -0.689. The Hall–Kier alpha value is -3.57. The van der Waals surface area contributed by atoms with E-state index >= 15 is 0 Å². The van der Waals surface area contributed by atoms with Gasteiger partial charge in [-0.05, 0) is 42.7 Å². The van der Waals surface area contributed by atoms with E-state index in [-0.39, 0.29) is 18.4 Å². The maximum absolute atomic E-state index is 14.9. The van der Waals surface area contributed by atoms with Crippen molar-refractivity contribution < 1.29 is 40.7 Å². The molecule has 2 fully saturated rings. The van der Waals surface area contributed by atoms with E-state index in [9.17, 15) is 40.7 Å². The van der Waals surface area contributed by atoms with E-state index in [4.69, 9.17) is 0 Å². The zero-order valence-electron chi connectivity index (χ0n) is 16.6. The van der Waals surface area contributed by atoms with Crippen molar-refractivity contribution >= 4 is 17.8 Å². The zero-order valence-corrected chi connectivity index (χ0v) is 16.6. The molecule has 2 aromatic carbocycles. The summed E-state index contributed by atoms with van der Waals surface area (Å²) in [5.41, 5.74) is -6.49.